The van der Waals surface area contributed by atoms with Crippen molar-refractivity contribution >= 4 is 17.1 Å². The molecule has 0 atom stereocenters. The summed E-state index contributed by atoms with van der Waals surface area (Å²) in [6.45, 7) is 0.0203. The van der Waals surface area contributed by atoms with Gasteiger partial charge in [-0.15, -0.1) is 0 Å². The minimum atomic E-state index is -1.15. The van der Waals surface area contributed by atoms with Gasteiger partial charge in [-0.2, -0.15) is 4.39 Å². The number of hydrogen-bond donors (Lipinski definition) is 2. The van der Waals surface area contributed by atoms with Crippen molar-refractivity contribution in [2.45, 2.75) is 6.54 Å². The molecule has 0 bridgehead atoms. The lowest BCUT2D eigenvalue weighted by molar-refractivity contribution is 0.193. The third-order valence-electron chi connectivity index (χ3n) is 5.36. The molecule has 0 unspecified atom stereocenters. The number of ether oxygens (including phenoxy) is 1. The fourth-order valence-corrected chi connectivity index (χ4v) is 3.74. The van der Waals surface area contributed by atoms with Gasteiger partial charge in [0.05, 0.1) is 12.7 Å². The van der Waals surface area contributed by atoms with Gasteiger partial charge in [-0.3, -0.25) is 0 Å². The van der Waals surface area contributed by atoms with Crippen LogP contribution in [0.15, 0.2) is 89.5 Å². The SMILES string of the molecule is O=C(O)NCc1cc2cc(-c3ccc(Oc4ccc(F)nc4)cc3)cc(-c3ccc(F)cc3)c2o1. The molecule has 2 heterocycles. The number of halogens is 2. The number of rotatable bonds is 6. The van der Waals surface area contributed by atoms with Gasteiger partial charge in [0.1, 0.15) is 28.7 Å². The third-order valence-corrected chi connectivity index (χ3v) is 5.36. The first-order valence-electron chi connectivity index (χ1n) is 10.6. The summed E-state index contributed by atoms with van der Waals surface area (Å²) < 4.78 is 38.2. The van der Waals surface area contributed by atoms with Crippen molar-refractivity contribution < 1.29 is 27.8 Å². The molecule has 0 aliphatic rings. The van der Waals surface area contributed by atoms with Crippen LogP contribution in [0, 0.1) is 11.8 Å². The quantitative estimate of drug-likeness (QED) is 0.260. The van der Waals surface area contributed by atoms with Crippen LogP contribution in [0.5, 0.6) is 11.5 Å². The minimum Gasteiger partial charge on any atom is -0.465 e. The van der Waals surface area contributed by atoms with E-state index < -0.39 is 12.0 Å². The molecule has 0 aliphatic heterocycles. The highest BCUT2D eigenvalue weighted by Gasteiger charge is 2.14. The second-order valence-electron chi connectivity index (χ2n) is 7.76. The molecule has 0 aliphatic carbocycles. The molecule has 5 aromatic rings. The normalized spacial score (nSPS) is 10.9. The summed E-state index contributed by atoms with van der Waals surface area (Å²) in [6, 6.07) is 21.8. The van der Waals surface area contributed by atoms with Crippen molar-refractivity contribution in [3.63, 3.8) is 0 Å². The van der Waals surface area contributed by atoms with E-state index in [-0.39, 0.29) is 12.4 Å². The first-order chi connectivity index (χ1) is 16.9. The van der Waals surface area contributed by atoms with Gasteiger partial charge >= 0.3 is 6.09 Å². The predicted molar refractivity (Wildman–Crippen MR) is 126 cm³/mol. The molecule has 1 amide bonds. The zero-order valence-corrected chi connectivity index (χ0v) is 18.2. The van der Waals surface area contributed by atoms with E-state index in [1.165, 1.54) is 30.5 Å². The van der Waals surface area contributed by atoms with Crippen LogP contribution in [-0.2, 0) is 6.54 Å². The summed E-state index contributed by atoms with van der Waals surface area (Å²) >= 11 is 0. The van der Waals surface area contributed by atoms with Gasteiger partial charge in [0.25, 0.3) is 0 Å². The van der Waals surface area contributed by atoms with Crippen molar-refractivity contribution in [3.8, 4) is 33.8 Å². The number of nitrogens with zero attached hydrogens (tertiary/aromatic N) is 1. The number of nitrogens with one attached hydrogen (secondary N) is 1. The van der Waals surface area contributed by atoms with E-state index in [1.807, 2.05) is 24.3 Å². The van der Waals surface area contributed by atoms with Gasteiger partial charge < -0.3 is 19.6 Å². The van der Waals surface area contributed by atoms with Crippen molar-refractivity contribution in [2.75, 3.05) is 0 Å². The van der Waals surface area contributed by atoms with Crippen LogP contribution in [0.1, 0.15) is 5.76 Å². The number of furan rings is 1. The fraction of sp³-hybridized carbons (Fsp3) is 0.0370. The van der Waals surface area contributed by atoms with Crippen LogP contribution in [0.25, 0.3) is 33.2 Å². The molecule has 5 rings (SSSR count). The third kappa shape index (κ3) is 4.96. The first-order valence-corrected chi connectivity index (χ1v) is 10.6. The molecule has 2 aromatic heterocycles. The van der Waals surface area contributed by atoms with E-state index in [0.717, 1.165) is 27.6 Å². The molecule has 174 valence electrons. The molecule has 0 radical (unpaired) electrons. The van der Waals surface area contributed by atoms with E-state index >= 15 is 0 Å². The Balaban J connectivity index is 1.52. The second-order valence-corrected chi connectivity index (χ2v) is 7.76. The Hall–Kier alpha value is -4.72. The van der Waals surface area contributed by atoms with E-state index in [4.69, 9.17) is 14.3 Å². The monoisotopic (exact) mass is 472 g/mol. The van der Waals surface area contributed by atoms with Crippen LogP contribution in [0.4, 0.5) is 13.6 Å². The number of pyridine rings is 1. The van der Waals surface area contributed by atoms with E-state index in [0.29, 0.717) is 22.8 Å². The fourth-order valence-electron chi connectivity index (χ4n) is 3.74. The maximum Gasteiger partial charge on any atom is 0.405 e. The predicted octanol–water partition coefficient (Wildman–Crippen LogP) is 7.00. The zero-order valence-electron chi connectivity index (χ0n) is 18.2. The lowest BCUT2D eigenvalue weighted by Crippen LogP contribution is -2.19. The average Bonchev–Trinajstić information content (AvgIpc) is 3.28. The van der Waals surface area contributed by atoms with Crippen LogP contribution < -0.4 is 10.1 Å². The molecule has 0 spiro atoms. The summed E-state index contributed by atoms with van der Waals surface area (Å²) in [7, 11) is 0. The topological polar surface area (TPSA) is 84.6 Å². The van der Waals surface area contributed by atoms with Crippen LogP contribution >= 0.6 is 0 Å². The highest BCUT2D eigenvalue weighted by atomic mass is 19.1. The summed E-state index contributed by atoms with van der Waals surface area (Å²) in [4.78, 5) is 14.5. The van der Waals surface area contributed by atoms with Gasteiger partial charge in [0.15, 0.2) is 0 Å². The van der Waals surface area contributed by atoms with Gasteiger partial charge in [-0.05, 0) is 71.3 Å². The molecule has 8 heteroatoms. The summed E-state index contributed by atoms with van der Waals surface area (Å²) in [5, 5.41) is 12.0. The zero-order chi connectivity index (χ0) is 24.4. The number of benzene rings is 3. The number of fused-ring (bicyclic) bond motifs is 1. The van der Waals surface area contributed by atoms with Crippen molar-refractivity contribution in [1.29, 1.82) is 0 Å². The molecular weight excluding hydrogens is 454 g/mol. The Morgan fingerprint density at radius 1 is 0.886 bits per heavy atom. The van der Waals surface area contributed by atoms with Gasteiger partial charge in [0, 0.05) is 10.9 Å². The Labute approximate surface area is 198 Å². The maximum absolute atomic E-state index is 13.5. The number of amides is 1. The van der Waals surface area contributed by atoms with Gasteiger partial charge in [-0.25, -0.2) is 14.2 Å². The molecule has 2 N–H and O–H groups in total. The second kappa shape index (κ2) is 9.26. The van der Waals surface area contributed by atoms with Crippen molar-refractivity contribution in [2.24, 2.45) is 0 Å². The molecule has 0 saturated carbocycles. The molecular formula is C27H18F2N2O4. The van der Waals surface area contributed by atoms with E-state index in [9.17, 15) is 13.6 Å². The van der Waals surface area contributed by atoms with E-state index in [2.05, 4.69) is 10.3 Å². The van der Waals surface area contributed by atoms with Gasteiger partial charge in [-0.1, -0.05) is 24.3 Å². The first kappa shape index (κ1) is 22.1. The van der Waals surface area contributed by atoms with Crippen LogP contribution in [0.2, 0.25) is 0 Å². The Morgan fingerprint density at radius 2 is 1.60 bits per heavy atom. The highest BCUT2D eigenvalue weighted by Crippen LogP contribution is 2.36. The minimum absolute atomic E-state index is 0.0203. The molecule has 0 fully saturated rings. The smallest absolute Gasteiger partial charge is 0.405 e. The lowest BCUT2D eigenvalue weighted by atomic mass is 9.96. The van der Waals surface area contributed by atoms with Crippen LogP contribution in [0.3, 0.4) is 0 Å². The number of carbonyl (C=O) groups is 1. The summed E-state index contributed by atoms with van der Waals surface area (Å²) in [5.74, 6) is 0.507. The van der Waals surface area contributed by atoms with Crippen molar-refractivity contribution in [1.82, 2.24) is 10.3 Å². The molecule has 6 nitrogen and oxygen atoms in total. The summed E-state index contributed by atoms with van der Waals surface area (Å²) in [5.41, 5.74) is 3.86. The summed E-state index contributed by atoms with van der Waals surface area (Å²) in [6.07, 6.45) is 0.158. The largest absolute Gasteiger partial charge is 0.465 e. The highest BCUT2D eigenvalue weighted by molar-refractivity contribution is 5.97. The Kier molecular flexibility index (Phi) is 5.85. The molecule has 3 aromatic carbocycles. The molecule has 0 saturated heterocycles. The average molecular weight is 472 g/mol. The number of hydrogen-bond acceptors (Lipinski definition) is 4. The lowest BCUT2D eigenvalue weighted by Gasteiger charge is -2.09. The standard InChI is InChI=1S/C27H18F2N2O4/c28-20-5-1-17(2-6-20)24-13-18(11-19-12-23(35-26(19)24)15-31-27(32)33)16-3-7-21(8-4-16)34-22-9-10-25(29)30-14-22/h1-14,31H,15H2,(H,32,33). The van der Waals surface area contributed by atoms with Crippen LogP contribution in [-0.4, -0.2) is 16.2 Å². The number of carboxylic acid groups (broad SMARTS) is 1. The van der Waals surface area contributed by atoms with Crippen molar-refractivity contribution in [3.05, 3.63) is 103 Å². The maximum atomic E-state index is 13.5. The number of aromatic nitrogens is 1. The Morgan fingerprint density at radius 3 is 2.29 bits per heavy atom. The Bertz CT molecular complexity index is 1500. The van der Waals surface area contributed by atoms with E-state index in [1.54, 1.807) is 30.3 Å². The molecule has 35 heavy (non-hydrogen) atoms. The van der Waals surface area contributed by atoms with Gasteiger partial charge in [0.2, 0.25) is 5.95 Å².